The fourth-order valence-electron chi connectivity index (χ4n) is 2.13. The zero-order chi connectivity index (χ0) is 14.8. The topological polar surface area (TPSA) is 55.1 Å². The number of benzene rings is 2. The Morgan fingerprint density at radius 2 is 2.05 bits per heavy atom. The summed E-state index contributed by atoms with van der Waals surface area (Å²) in [5, 5.41) is 8.67. The molecule has 0 aliphatic carbocycles. The molecule has 0 amide bonds. The molecule has 0 atom stereocenters. The van der Waals surface area contributed by atoms with E-state index in [1.54, 1.807) is 12.4 Å². The molecule has 0 unspecified atom stereocenters. The maximum atomic E-state index is 10.6. The van der Waals surface area contributed by atoms with Crippen LogP contribution in [0.4, 0.5) is 0 Å². The van der Waals surface area contributed by atoms with Gasteiger partial charge >= 0.3 is 5.97 Å². The van der Waals surface area contributed by atoms with Gasteiger partial charge in [-0.2, -0.15) is 0 Å². The van der Waals surface area contributed by atoms with E-state index in [2.05, 4.69) is 20.9 Å². The van der Waals surface area contributed by atoms with Crippen molar-refractivity contribution in [2.24, 2.45) is 0 Å². The van der Waals surface area contributed by atoms with Gasteiger partial charge < -0.3 is 5.11 Å². The second-order valence-corrected chi connectivity index (χ2v) is 5.34. The predicted octanol–water partition coefficient (Wildman–Crippen LogP) is 3.89. The third kappa shape index (κ3) is 2.73. The summed E-state index contributed by atoms with van der Waals surface area (Å²) in [6.07, 6.45) is 4.45. The van der Waals surface area contributed by atoms with Gasteiger partial charge in [-0.25, -0.2) is 9.78 Å². The van der Waals surface area contributed by atoms with E-state index in [4.69, 9.17) is 5.11 Å². The van der Waals surface area contributed by atoms with Crippen LogP contribution >= 0.6 is 15.9 Å². The second-order valence-electron chi connectivity index (χ2n) is 4.48. The minimum absolute atomic E-state index is 0.811. The van der Waals surface area contributed by atoms with Gasteiger partial charge in [0.25, 0.3) is 0 Å². The standard InChI is InChI=1S/C16H11BrN2O2/c17-13-9-12(7-5-11(13)6-8-16(20)21)19-10-18-14-3-1-2-4-15(14)19/h1-10H,(H,20,21)/b8-6+. The Labute approximate surface area is 129 Å². The Hall–Kier alpha value is -2.40. The molecular formula is C16H11BrN2O2. The van der Waals surface area contributed by atoms with Crippen molar-refractivity contribution in [3.63, 3.8) is 0 Å². The lowest BCUT2D eigenvalue weighted by atomic mass is 10.2. The molecule has 0 saturated carbocycles. The van der Waals surface area contributed by atoms with E-state index >= 15 is 0 Å². The minimum Gasteiger partial charge on any atom is -0.478 e. The molecule has 0 saturated heterocycles. The Kier molecular flexibility index (Phi) is 3.58. The molecule has 0 radical (unpaired) electrons. The largest absolute Gasteiger partial charge is 0.478 e. The summed E-state index contributed by atoms with van der Waals surface area (Å²) in [4.78, 5) is 14.9. The number of carbonyl (C=O) groups is 1. The molecule has 104 valence electrons. The number of hydrogen-bond donors (Lipinski definition) is 1. The lowest BCUT2D eigenvalue weighted by Gasteiger charge is -2.06. The van der Waals surface area contributed by atoms with Gasteiger partial charge in [0.2, 0.25) is 0 Å². The third-order valence-electron chi connectivity index (χ3n) is 3.12. The van der Waals surface area contributed by atoms with Gasteiger partial charge in [0.15, 0.2) is 0 Å². The zero-order valence-corrected chi connectivity index (χ0v) is 12.5. The molecular weight excluding hydrogens is 332 g/mol. The van der Waals surface area contributed by atoms with E-state index < -0.39 is 5.97 Å². The van der Waals surface area contributed by atoms with E-state index in [1.165, 1.54) is 0 Å². The highest BCUT2D eigenvalue weighted by atomic mass is 79.9. The van der Waals surface area contributed by atoms with E-state index in [1.807, 2.05) is 47.0 Å². The number of hydrogen-bond acceptors (Lipinski definition) is 2. The van der Waals surface area contributed by atoms with Gasteiger partial charge in [-0.15, -0.1) is 0 Å². The number of aliphatic carboxylic acids is 1. The van der Waals surface area contributed by atoms with Crippen LogP contribution in [0.2, 0.25) is 0 Å². The molecule has 0 fully saturated rings. The average molecular weight is 343 g/mol. The molecule has 3 aromatic rings. The molecule has 1 N–H and O–H groups in total. The molecule has 4 nitrogen and oxygen atoms in total. The summed E-state index contributed by atoms with van der Waals surface area (Å²) in [6, 6.07) is 13.6. The number of rotatable bonds is 3. The first kappa shape index (κ1) is 13.6. The molecule has 1 aromatic heterocycles. The third-order valence-corrected chi connectivity index (χ3v) is 3.81. The molecule has 0 spiro atoms. The fourth-order valence-corrected chi connectivity index (χ4v) is 2.63. The smallest absolute Gasteiger partial charge is 0.328 e. The van der Waals surface area contributed by atoms with Crippen LogP contribution in [0.15, 0.2) is 59.3 Å². The molecule has 0 aliphatic heterocycles. The lowest BCUT2D eigenvalue weighted by Crippen LogP contribution is -1.93. The van der Waals surface area contributed by atoms with Crippen molar-refractivity contribution in [3.8, 4) is 5.69 Å². The van der Waals surface area contributed by atoms with Crippen molar-refractivity contribution < 1.29 is 9.90 Å². The van der Waals surface area contributed by atoms with Crippen molar-refractivity contribution in [3.05, 3.63) is 64.9 Å². The first-order valence-electron chi connectivity index (χ1n) is 6.28. The van der Waals surface area contributed by atoms with Crippen molar-refractivity contribution in [1.29, 1.82) is 0 Å². The van der Waals surface area contributed by atoms with E-state index in [9.17, 15) is 4.79 Å². The molecule has 2 aromatic carbocycles. The van der Waals surface area contributed by atoms with Crippen LogP contribution in [0.3, 0.4) is 0 Å². The van der Waals surface area contributed by atoms with Gasteiger partial charge in [-0.3, -0.25) is 4.57 Å². The molecule has 1 heterocycles. The lowest BCUT2D eigenvalue weighted by molar-refractivity contribution is -0.131. The normalized spacial score (nSPS) is 11.3. The average Bonchev–Trinajstić information content (AvgIpc) is 2.89. The van der Waals surface area contributed by atoms with Crippen molar-refractivity contribution in [1.82, 2.24) is 9.55 Å². The van der Waals surface area contributed by atoms with Crippen LogP contribution in [0.25, 0.3) is 22.8 Å². The zero-order valence-electron chi connectivity index (χ0n) is 10.9. The van der Waals surface area contributed by atoms with E-state index in [-0.39, 0.29) is 0 Å². The van der Waals surface area contributed by atoms with Gasteiger partial charge in [0.1, 0.15) is 6.33 Å². The van der Waals surface area contributed by atoms with Crippen molar-refractivity contribution in [2.45, 2.75) is 0 Å². The van der Waals surface area contributed by atoms with Gasteiger partial charge in [0.05, 0.1) is 11.0 Å². The highest BCUT2D eigenvalue weighted by Crippen LogP contribution is 2.24. The van der Waals surface area contributed by atoms with Gasteiger partial charge in [0, 0.05) is 16.2 Å². The van der Waals surface area contributed by atoms with Gasteiger partial charge in [-0.05, 0) is 35.9 Å². The molecule has 0 aliphatic rings. The Bertz CT molecular complexity index is 852. The maximum absolute atomic E-state index is 10.6. The van der Waals surface area contributed by atoms with Gasteiger partial charge in [-0.1, -0.05) is 34.1 Å². The first-order chi connectivity index (χ1) is 10.1. The summed E-state index contributed by atoms with van der Waals surface area (Å²) >= 11 is 3.47. The summed E-state index contributed by atoms with van der Waals surface area (Å²) in [7, 11) is 0. The van der Waals surface area contributed by atoms with E-state index in [0.29, 0.717) is 0 Å². The second kappa shape index (κ2) is 5.54. The first-order valence-corrected chi connectivity index (χ1v) is 7.07. The predicted molar refractivity (Wildman–Crippen MR) is 85.4 cm³/mol. The summed E-state index contributed by atoms with van der Waals surface area (Å²) in [5.74, 6) is -0.966. The Morgan fingerprint density at radius 3 is 2.81 bits per heavy atom. The molecule has 0 bridgehead atoms. The maximum Gasteiger partial charge on any atom is 0.328 e. The minimum atomic E-state index is -0.966. The summed E-state index contributed by atoms with van der Waals surface area (Å²) < 4.78 is 2.82. The van der Waals surface area contributed by atoms with Crippen LogP contribution in [0.1, 0.15) is 5.56 Å². The van der Waals surface area contributed by atoms with E-state index in [0.717, 1.165) is 32.8 Å². The van der Waals surface area contributed by atoms with Crippen LogP contribution in [0.5, 0.6) is 0 Å². The number of para-hydroxylation sites is 2. The summed E-state index contributed by atoms with van der Waals surface area (Å²) in [6.45, 7) is 0. The monoisotopic (exact) mass is 342 g/mol. The Balaban J connectivity index is 2.04. The van der Waals surface area contributed by atoms with Crippen LogP contribution < -0.4 is 0 Å². The highest BCUT2D eigenvalue weighted by molar-refractivity contribution is 9.10. The number of carboxylic acid groups (broad SMARTS) is 1. The number of imidazole rings is 1. The fraction of sp³-hybridized carbons (Fsp3) is 0. The van der Waals surface area contributed by atoms with Crippen LogP contribution in [-0.2, 0) is 4.79 Å². The van der Waals surface area contributed by atoms with Crippen molar-refractivity contribution >= 4 is 39.0 Å². The molecule has 21 heavy (non-hydrogen) atoms. The van der Waals surface area contributed by atoms with Crippen LogP contribution in [0, 0.1) is 0 Å². The highest BCUT2D eigenvalue weighted by Gasteiger charge is 2.05. The van der Waals surface area contributed by atoms with Crippen LogP contribution in [-0.4, -0.2) is 20.6 Å². The molecule has 5 heteroatoms. The summed E-state index contributed by atoms with van der Waals surface area (Å²) in [5.41, 5.74) is 3.73. The number of nitrogens with zero attached hydrogens (tertiary/aromatic N) is 2. The number of halogens is 1. The SMILES string of the molecule is O=C(O)/C=C/c1ccc(-n2cnc3ccccc32)cc1Br. The number of fused-ring (bicyclic) bond motifs is 1. The number of carboxylic acids is 1. The Morgan fingerprint density at radius 1 is 1.24 bits per heavy atom. The van der Waals surface area contributed by atoms with Crippen molar-refractivity contribution in [2.75, 3.05) is 0 Å². The molecule has 3 rings (SSSR count). The number of aromatic nitrogens is 2. The quantitative estimate of drug-likeness (QED) is 0.734.